The number of furan rings is 1. The smallest absolute Gasteiger partial charge is 0.290 e. The molecule has 0 aliphatic heterocycles. The molecule has 0 aliphatic carbocycles. The van der Waals surface area contributed by atoms with E-state index in [2.05, 4.69) is 15.9 Å². The van der Waals surface area contributed by atoms with Crippen LogP contribution in [0.2, 0.25) is 0 Å². The third kappa shape index (κ3) is 2.52. The normalized spacial score (nSPS) is 12.4. The van der Waals surface area contributed by atoms with Crippen LogP contribution in [-0.4, -0.2) is 17.9 Å². The van der Waals surface area contributed by atoms with Crippen LogP contribution in [0.4, 0.5) is 0 Å². The number of halogens is 1. The average Bonchev–Trinajstić information content (AvgIpc) is 2.96. The molecule has 0 spiro atoms. The maximum atomic E-state index is 12.3. The molecule has 2 heterocycles. The van der Waals surface area contributed by atoms with Gasteiger partial charge in [0.1, 0.15) is 0 Å². The number of aryl methyl sites for hydroxylation is 1. The van der Waals surface area contributed by atoms with Gasteiger partial charge in [0, 0.05) is 17.5 Å². The Morgan fingerprint density at radius 1 is 1.56 bits per heavy atom. The molecule has 0 saturated heterocycles. The summed E-state index contributed by atoms with van der Waals surface area (Å²) in [5, 5.41) is 2.01. The van der Waals surface area contributed by atoms with E-state index in [0.717, 1.165) is 10.4 Å². The monoisotopic (exact) mass is 327 g/mol. The molecule has 0 bridgehead atoms. The van der Waals surface area contributed by atoms with Crippen molar-refractivity contribution in [1.82, 2.24) is 4.90 Å². The first-order chi connectivity index (χ1) is 8.50. The van der Waals surface area contributed by atoms with Gasteiger partial charge in [0.2, 0.25) is 0 Å². The quantitative estimate of drug-likeness (QED) is 0.844. The molecular formula is C13H14BrNO2S. The topological polar surface area (TPSA) is 33.5 Å². The van der Waals surface area contributed by atoms with Gasteiger partial charge in [0.25, 0.3) is 5.91 Å². The largest absolute Gasteiger partial charge is 0.444 e. The lowest BCUT2D eigenvalue weighted by Crippen LogP contribution is -2.29. The molecule has 0 aliphatic rings. The van der Waals surface area contributed by atoms with Gasteiger partial charge in [-0.15, -0.1) is 11.3 Å². The third-order valence-electron chi connectivity index (χ3n) is 2.94. The average molecular weight is 328 g/mol. The van der Waals surface area contributed by atoms with Crippen molar-refractivity contribution in [2.75, 3.05) is 7.05 Å². The lowest BCUT2D eigenvalue weighted by Gasteiger charge is -2.23. The summed E-state index contributed by atoms with van der Waals surface area (Å²) in [5.41, 5.74) is 0.845. The number of nitrogens with zero attached hydrogens (tertiary/aromatic N) is 1. The van der Waals surface area contributed by atoms with Crippen molar-refractivity contribution < 1.29 is 9.21 Å². The maximum Gasteiger partial charge on any atom is 0.290 e. The molecule has 3 nitrogen and oxygen atoms in total. The highest BCUT2D eigenvalue weighted by atomic mass is 79.9. The first kappa shape index (κ1) is 13.4. The Labute approximate surface area is 119 Å². The summed E-state index contributed by atoms with van der Waals surface area (Å²) >= 11 is 4.89. The summed E-state index contributed by atoms with van der Waals surface area (Å²) in [7, 11) is 1.79. The number of amides is 1. The van der Waals surface area contributed by atoms with Gasteiger partial charge >= 0.3 is 0 Å². The highest BCUT2D eigenvalue weighted by Gasteiger charge is 2.24. The van der Waals surface area contributed by atoms with E-state index in [1.165, 1.54) is 0 Å². The number of hydrogen-bond donors (Lipinski definition) is 0. The molecule has 1 atom stereocenters. The molecule has 0 fully saturated rings. The molecule has 96 valence electrons. The summed E-state index contributed by atoms with van der Waals surface area (Å²) in [6, 6.07) is 5.87. The van der Waals surface area contributed by atoms with Crippen LogP contribution in [0.25, 0.3) is 0 Å². The van der Waals surface area contributed by atoms with Crippen LogP contribution in [-0.2, 0) is 0 Å². The highest BCUT2D eigenvalue weighted by molar-refractivity contribution is 9.10. The summed E-state index contributed by atoms with van der Waals surface area (Å²) in [6.45, 7) is 3.88. The Kier molecular flexibility index (Phi) is 3.92. The maximum absolute atomic E-state index is 12.3. The first-order valence-electron chi connectivity index (χ1n) is 5.57. The minimum Gasteiger partial charge on any atom is -0.444 e. The second-order valence-corrected chi connectivity index (χ2v) is 5.93. The van der Waals surface area contributed by atoms with Gasteiger partial charge < -0.3 is 9.32 Å². The van der Waals surface area contributed by atoms with Gasteiger partial charge in [0.15, 0.2) is 10.4 Å². The number of carbonyl (C=O) groups is 1. The van der Waals surface area contributed by atoms with Crippen molar-refractivity contribution in [3.63, 3.8) is 0 Å². The van der Waals surface area contributed by atoms with Crippen molar-refractivity contribution in [2.45, 2.75) is 19.9 Å². The van der Waals surface area contributed by atoms with Crippen molar-refractivity contribution in [3.8, 4) is 0 Å². The van der Waals surface area contributed by atoms with Crippen LogP contribution < -0.4 is 0 Å². The second-order valence-electron chi connectivity index (χ2n) is 4.17. The van der Waals surface area contributed by atoms with Crippen LogP contribution in [0.1, 0.15) is 34.0 Å². The van der Waals surface area contributed by atoms with Crippen molar-refractivity contribution in [3.05, 3.63) is 44.4 Å². The molecule has 0 saturated carbocycles. The summed E-state index contributed by atoms with van der Waals surface area (Å²) in [4.78, 5) is 15.2. The van der Waals surface area contributed by atoms with Gasteiger partial charge in [-0.05, 0) is 47.3 Å². The van der Waals surface area contributed by atoms with Crippen LogP contribution in [0.5, 0.6) is 0 Å². The molecule has 2 rings (SSSR count). The zero-order chi connectivity index (χ0) is 13.3. The Morgan fingerprint density at radius 3 is 2.78 bits per heavy atom. The second kappa shape index (κ2) is 5.28. The highest BCUT2D eigenvalue weighted by Crippen LogP contribution is 2.27. The van der Waals surface area contributed by atoms with Gasteiger partial charge in [0.05, 0.1) is 6.04 Å². The molecule has 2 aromatic rings. The van der Waals surface area contributed by atoms with E-state index in [9.17, 15) is 4.79 Å². The molecule has 0 radical (unpaired) electrons. The molecule has 0 N–H and O–H groups in total. The number of thiophene rings is 1. The van der Waals surface area contributed by atoms with E-state index in [1.54, 1.807) is 29.4 Å². The molecule has 1 unspecified atom stereocenters. The minimum absolute atomic E-state index is 0.0424. The van der Waals surface area contributed by atoms with Gasteiger partial charge in [-0.2, -0.15) is 0 Å². The summed E-state index contributed by atoms with van der Waals surface area (Å²) in [5.74, 6) is 0.298. The number of carbonyl (C=O) groups excluding carboxylic acids is 1. The molecule has 2 aromatic heterocycles. The van der Waals surface area contributed by atoms with E-state index in [-0.39, 0.29) is 11.9 Å². The van der Waals surface area contributed by atoms with E-state index in [0.29, 0.717) is 10.4 Å². The lowest BCUT2D eigenvalue weighted by molar-refractivity contribution is 0.0710. The standard InChI is InChI=1S/C13H14BrNO2S/c1-8-7-11(14)17-12(8)13(16)15(3)9(2)10-5-4-6-18-10/h4-7,9H,1-3H3. The fourth-order valence-electron chi connectivity index (χ4n) is 1.71. The van der Waals surface area contributed by atoms with Crippen molar-refractivity contribution >= 4 is 33.2 Å². The van der Waals surface area contributed by atoms with Crippen molar-refractivity contribution in [2.24, 2.45) is 0 Å². The van der Waals surface area contributed by atoms with Gasteiger partial charge in [-0.3, -0.25) is 4.79 Å². The summed E-state index contributed by atoms with van der Waals surface area (Å²) in [6.07, 6.45) is 0. The van der Waals surface area contributed by atoms with Crippen molar-refractivity contribution in [1.29, 1.82) is 0 Å². The number of rotatable bonds is 3. The van der Waals surface area contributed by atoms with Crippen LogP contribution in [0, 0.1) is 6.92 Å². The Balaban J connectivity index is 2.21. The minimum atomic E-state index is -0.0981. The predicted octanol–water partition coefficient (Wildman–Crippen LogP) is 4.25. The van der Waals surface area contributed by atoms with E-state index < -0.39 is 0 Å². The Hall–Kier alpha value is -1.07. The Bertz CT molecular complexity index is 547. The SMILES string of the molecule is Cc1cc(Br)oc1C(=O)N(C)C(C)c1cccs1. The van der Waals surface area contributed by atoms with Gasteiger partial charge in [-0.25, -0.2) is 0 Å². The molecule has 0 aromatic carbocycles. The van der Waals surface area contributed by atoms with Crippen LogP contribution in [0.3, 0.4) is 0 Å². The molecular weight excluding hydrogens is 314 g/mol. The van der Waals surface area contributed by atoms with E-state index >= 15 is 0 Å². The van der Waals surface area contributed by atoms with Crippen LogP contribution >= 0.6 is 27.3 Å². The van der Waals surface area contributed by atoms with E-state index in [4.69, 9.17) is 4.42 Å². The third-order valence-corrected chi connectivity index (χ3v) is 4.37. The summed E-state index contributed by atoms with van der Waals surface area (Å²) < 4.78 is 5.98. The van der Waals surface area contributed by atoms with Crippen LogP contribution in [0.15, 0.2) is 32.7 Å². The Morgan fingerprint density at radius 2 is 2.28 bits per heavy atom. The molecule has 18 heavy (non-hydrogen) atoms. The molecule has 1 amide bonds. The zero-order valence-electron chi connectivity index (χ0n) is 10.4. The fraction of sp³-hybridized carbons (Fsp3) is 0.308. The molecule has 5 heteroatoms. The van der Waals surface area contributed by atoms with E-state index in [1.807, 2.05) is 31.4 Å². The fourth-order valence-corrected chi connectivity index (χ4v) is 3.04. The predicted molar refractivity (Wildman–Crippen MR) is 76.0 cm³/mol. The first-order valence-corrected chi connectivity index (χ1v) is 7.24. The van der Waals surface area contributed by atoms with Gasteiger partial charge in [-0.1, -0.05) is 6.07 Å². The number of hydrogen-bond acceptors (Lipinski definition) is 3. The zero-order valence-corrected chi connectivity index (χ0v) is 12.8. The lowest BCUT2D eigenvalue weighted by atomic mass is 10.2.